The first kappa shape index (κ1) is 35.9. The summed E-state index contributed by atoms with van der Waals surface area (Å²) in [6.45, 7) is 4.69. The number of rotatable bonds is 7. The van der Waals surface area contributed by atoms with Crippen LogP contribution in [0, 0.1) is 0 Å². The molecule has 62 heavy (non-hydrogen) atoms. The van der Waals surface area contributed by atoms with E-state index in [9.17, 15) is 0 Å². The summed E-state index contributed by atoms with van der Waals surface area (Å²) >= 11 is 0. The minimum Gasteiger partial charge on any atom is -0.317 e. The van der Waals surface area contributed by atoms with E-state index in [4.69, 9.17) is 0 Å². The fraction of sp³-hybridized carbons (Fsp3) is 0.0517. The fourth-order valence-electron chi connectivity index (χ4n) is 9.98. The second kappa shape index (κ2) is 14.1. The largest absolute Gasteiger partial charge is 0.317 e. The standard InChI is InChI=1S/C58H42N4/c1-58(2)51-18-10-9-17-47(51)48-30-29-46(38-52(48)58)61(45-27-22-40(23-28-45)53-19-11-12-35-59-53)44-25-20-39(21-26-44)41-24-31-55-50(37-41)57-49-34-36-60(42-13-5-3-6-14-42)54(49)32-33-56(57)62(55)43-15-7-4-8-16-43/h3-38H,1-2H3. The van der Waals surface area contributed by atoms with Crippen molar-refractivity contribution in [3.8, 4) is 44.9 Å². The Morgan fingerprint density at radius 1 is 0.435 bits per heavy atom. The number of nitrogens with zero attached hydrogens (tertiary/aromatic N) is 4. The summed E-state index contributed by atoms with van der Waals surface area (Å²) in [5, 5.41) is 3.73. The molecule has 0 bridgehead atoms. The lowest BCUT2D eigenvalue weighted by molar-refractivity contribution is 0.660. The Labute approximate surface area is 361 Å². The fourth-order valence-corrected chi connectivity index (χ4v) is 9.98. The minimum atomic E-state index is -0.113. The Morgan fingerprint density at radius 2 is 1.05 bits per heavy atom. The molecule has 0 aliphatic heterocycles. The number of aromatic nitrogens is 3. The van der Waals surface area contributed by atoms with Crippen LogP contribution < -0.4 is 4.90 Å². The normalized spacial score (nSPS) is 12.8. The highest BCUT2D eigenvalue weighted by molar-refractivity contribution is 6.21. The third kappa shape index (κ3) is 5.64. The van der Waals surface area contributed by atoms with Crippen LogP contribution in [-0.4, -0.2) is 14.1 Å². The molecule has 3 aromatic heterocycles. The van der Waals surface area contributed by atoms with Gasteiger partial charge in [-0.25, -0.2) is 0 Å². The Kier molecular flexibility index (Phi) is 8.16. The predicted molar refractivity (Wildman–Crippen MR) is 259 cm³/mol. The molecule has 1 aliphatic rings. The van der Waals surface area contributed by atoms with Crippen LogP contribution in [0.3, 0.4) is 0 Å². The summed E-state index contributed by atoms with van der Waals surface area (Å²) in [7, 11) is 0. The zero-order valence-electron chi connectivity index (χ0n) is 34.6. The Morgan fingerprint density at radius 3 is 1.79 bits per heavy atom. The molecule has 0 radical (unpaired) electrons. The molecule has 0 unspecified atom stereocenters. The highest BCUT2D eigenvalue weighted by atomic mass is 15.1. The minimum absolute atomic E-state index is 0.113. The van der Waals surface area contributed by atoms with Gasteiger partial charge in [0.1, 0.15) is 0 Å². The van der Waals surface area contributed by atoms with Crippen molar-refractivity contribution in [2.24, 2.45) is 0 Å². The van der Waals surface area contributed by atoms with Gasteiger partial charge in [-0.2, -0.15) is 0 Å². The lowest BCUT2D eigenvalue weighted by Gasteiger charge is -2.28. The number of anilines is 3. The molecule has 0 fully saturated rings. The van der Waals surface area contributed by atoms with E-state index in [1.54, 1.807) is 0 Å². The molecule has 11 aromatic rings. The molecule has 8 aromatic carbocycles. The summed E-state index contributed by atoms with van der Waals surface area (Å²) in [5.74, 6) is 0. The monoisotopic (exact) mass is 794 g/mol. The maximum Gasteiger partial charge on any atom is 0.0701 e. The van der Waals surface area contributed by atoms with Crippen molar-refractivity contribution in [3.63, 3.8) is 0 Å². The summed E-state index contributed by atoms with van der Waals surface area (Å²) in [6, 6.07) is 74.9. The van der Waals surface area contributed by atoms with E-state index in [2.05, 4.69) is 233 Å². The average Bonchev–Trinajstić information content (AvgIpc) is 3.98. The lowest BCUT2D eigenvalue weighted by Crippen LogP contribution is -2.16. The van der Waals surface area contributed by atoms with Gasteiger partial charge < -0.3 is 14.0 Å². The van der Waals surface area contributed by atoms with E-state index in [0.29, 0.717) is 0 Å². The van der Waals surface area contributed by atoms with E-state index in [1.165, 1.54) is 66.1 Å². The molecule has 0 saturated heterocycles. The molecule has 12 rings (SSSR count). The third-order valence-corrected chi connectivity index (χ3v) is 13.0. The van der Waals surface area contributed by atoms with Crippen molar-refractivity contribution in [1.82, 2.24) is 14.1 Å². The summed E-state index contributed by atoms with van der Waals surface area (Å²) < 4.78 is 4.70. The number of para-hydroxylation sites is 2. The molecule has 0 amide bonds. The van der Waals surface area contributed by atoms with Crippen LogP contribution in [0.15, 0.2) is 219 Å². The first-order valence-electron chi connectivity index (χ1n) is 21.4. The molecule has 0 saturated carbocycles. The first-order chi connectivity index (χ1) is 30.5. The van der Waals surface area contributed by atoms with E-state index in [-0.39, 0.29) is 5.41 Å². The van der Waals surface area contributed by atoms with Crippen molar-refractivity contribution in [2.75, 3.05) is 4.90 Å². The average molecular weight is 795 g/mol. The Hall–Kier alpha value is -7.95. The van der Waals surface area contributed by atoms with E-state index in [1.807, 2.05) is 18.3 Å². The number of fused-ring (bicyclic) bond motifs is 8. The second-order valence-electron chi connectivity index (χ2n) is 16.9. The van der Waals surface area contributed by atoms with Gasteiger partial charge in [-0.15, -0.1) is 0 Å². The van der Waals surface area contributed by atoms with Gasteiger partial charge in [-0.1, -0.05) is 117 Å². The molecular formula is C58H42N4. The molecule has 0 N–H and O–H groups in total. The van der Waals surface area contributed by atoms with Crippen LogP contribution in [0.1, 0.15) is 25.0 Å². The van der Waals surface area contributed by atoms with Gasteiger partial charge in [0.15, 0.2) is 0 Å². The highest BCUT2D eigenvalue weighted by Gasteiger charge is 2.35. The Bertz CT molecular complexity index is 3450. The number of hydrogen-bond acceptors (Lipinski definition) is 2. The van der Waals surface area contributed by atoms with Gasteiger partial charge in [-0.3, -0.25) is 4.98 Å². The number of benzene rings is 8. The molecule has 3 heterocycles. The number of hydrogen-bond donors (Lipinski definition) is 0. The Balaban J connectivity index is 0.985. The van der Waals surface area contributed by atoms with Gasteiger partial charge in [0.2, 0.25) is 0 Å². The van der Waals surface area contributed by atoms with Gasteiger partial charge in [-0.05, 0) is 137 Å². The molecular weight excluding hydrogens is 753 g/mol. The SMILES string of the molecule is CC1(C)c2ccccc2-c2ccc(N(c3ccc(-c4ccc5c(c4)c4c6ccn(-c7ccccc7)c6ccc4n5-c4ccccc4)cc3)c3ccc(-c4ccccn4)cc3)cc21. The van der Waals surface area contributed by atoms with E-state index in [0.717, 1.165) is 39.7 Å². The molecule has 1 aliphatic carbocycles. The molecule has 294 valence electrons. The molecule has 0 spiro atoms. The van der Waals surface area contributed by atoms with Gasteiger partial charge >= 0.3 is 0 Å². The number of pyridine rings is 1. The zero-order valence-corrected chi connectivity index (χ0v) is 34.6. The van der Waals surface area contributed by atoms with Crippen molar-refractivity contribution in [1.29, 1.82) is 0 Å². The first-order valence-corrected chi connectivity index (χ1v) is 21.4. The zero-order chi connectivity index (χ0) is 41.4. The highest BCUT2D eigenvalue weighted by Crippen LogP contribution is 2.51. The van der Waals surface area contributed by atoms with Crippen LogP contribution in [0.25, 0.3) is 77.6 Å². The van der Waals surface area contributed by atoms with Crippen LogP contribution in [-0.2, 0) is 5.41 Å². The van der Waals surface area contributed by atoms with Crippen molar-refractivity contribution in [3.05, 3.63) is 230 Å². The van der Waals surface area contributed by atoms with Gasteiger partial charge in [0, 0.05) is 68.0 Å². The smallest absolute Gasteiger partial charge is 0.0701 e. The van der Waals surface area contributed by atoms with Gasteiger partial charge in [0.05, 0.1) is 22.2 Å². The van der Waals surface area contributed by atoms with Crippen LogP contribution >= 0.6 is 0 Å². The summed E-state index contributed by atoms with van der Waals surface area (Å²) in [6.07, 6.45) is 4.05. The van der Waals surface area contributed by atoms with Crippen molar-refractivity contribution in [2.45, 2.75) is 19.3 Å². The maximum absolute atomic E-state index is 4.62. The maximum atomic E-state index is 4.62. The summed E-state index contributed by atoms with van der Waals surface area (Å²) in [4.78, 5) is 7.00. The van der Waals surface area contributed by atoms with Crippen LogP contribution in [0.5, 0.6) is 0 Å². The lowest BCUT2D eigenvalue weighted by atomic mass is 9.82. The predicted octanol–water partition coefficient (Wildman–Crippen LogP) is 15.2. The second-order valence-corrected chi connectivity index (χ2v) is 16.9. The van der Waals surface area contributed by atoms with Crippen molar-refractivity contribution < 1.29 is 0 Å². The third-order valence-electron chi connectivity index (χ3n) is 13.0. The van der Waals surface area contributed by atoms with Gasteiger partial charge in [0.25, 0.3) is 0 Å². The topological polar surface area (TPSA) is 26.0 Å². The van der Waals surface area contributed by atoms with E-state index < -0.39 is 0 Å². The molecule has 4 nitrogen and oxygen atoms in total. The van der Waals surface area contributed by atoms with Crippen LogP contribution in [0.2, 0.25) is 0 Å². The molecule has 0 atom stereocenters. The quantitative estimate of drug-likeness (QED) is 0.161. The van der Waals surface area contributed by atoms with Crippen molar-refractivity contribution >= 4 is 49.8 Å². The van der Waals surface area contributed by atoms with Crippen LogP contribution in [0.4, 0.5) is 17.1 Å². The van der Waals surface area contributed by atoms with E-state index >= 15 is 0 Å². The summed E-state index contributed by atoms with van der Waals surface area (Å²) in [5.41, 5.74) is 18.8. The molecule has 4 heteroatoms.